The molecular formula is C9H18N2O. The molecule has 1 amide bonds. The van der Waals surface area contributed by atoms with E-state index < -0.39 is 0 Å². The molecule has 70 valence electrons. The van der Waals surface area contributed by atoms with Crippen LogP contribution >= 0.6 is 0 Å². The maximum absolute atomic E-state index is 11.2. The first kappa shape index (κ1) is 9.52. The van der Waals surface area contributed by atoms with Gasteiger partial charge in [0.15, 0.2) is 0 Å². The van der Waals surface area contributed by atoms with Gasteiger partial charge in [-0.2, -0.15) is 0 Å². The van der Waals surface area contributed by atoms with Crippen molar-refractivity contribution in [1.82, 2.24) is 5.32 Å². The first-order valence-corrected chi connectivity index (χ1v) is 4.75. The number of nitrogens with one attached hydrogen (secondary N) is 1. The fraction of sp³-hybridized carbons (Fsp3) is 0.889. The Labute approximate surface area is 73.7 Å². The summed E-state index contributed by atoms with van der Waals surface area (Å²) in [5.41, 5.74) is 5.57. The Morgan fingerprint density at radius 3 is 2.75 bits per heavy atom. The van der Waals surface area contributed by atoms with Crippen LogP contribution in [0.3, 0.4) is 0 Å². The maximum atomic E-state index is 11.2. The molecule has 0 aliphatic heterocycles. The Hall–Kier alpha value is -0.570. The van der Waals surface area contributed by atoms with Crippen LogP contribution in [0.25, 0.3) is 0 Å². The summed E-state index contributed by atoms with van der Waals surface area (Å²) in [5, 5.41) is 2.94. The zero-order chi connectivity index (χ0) is 9.14. The van der Waals surface area contributed by atoms with Crippen LogP contribution in [0.2, 0.25) is 0 Å². The third-order valence-corrected chi connectivity index (χ3v) is 2.55. The second-order valence-corrected chi connectivity index (χ2v) is 3.53. The molecule has 1 aliphatic carbocycles. The van der Waals surface area contributed by atoms with Gasteiger partial charge in [0.2, 0.25) is 5.91 Å². The minimum atomic E-state index is -0.317. The number of hydrogen-bond acceptors (Lipinski definition) is 2. The molecule has 2 unspecified atom stereocenters. The van der Waals surface area contributed by atoms with E-state index in [4.69, 9.17) is 5.73 Å². The normalized spacial score (nSPS) is 29.6. The van der Waals surface area contributed by atoms with Gasteiger partial charge < -0.3 is 11.1 Å². The third kappa shape index (κ3) is 2.21. The SMILES string of the molecule is CCC1CC1NC(=O)[C@H](N)CC. The van der Waals surface area contributed by atoms with Crippen LogP contribution in [0.4, 0.5) is 0 Å². The smallest absolute Gasteiger partial charge is 0.237 e. The number of carbonyl (C=O) groups is 1. The minimum Gasteiger partial charge on any atom is -0.352 e. The number of rotatable bonds is 4. The molecule has 0 aromatic carbocycles. The first-order valence-electron chi connectivity index (χ1n) is 4.75. The summed E-state index contributed by atoms with van der Waals surface area (Å²) >= 11 is 0. The molecule has 1 fully saturated rings. The minimum absolute atomic E-state index is 0.0125. The van der Waals surface area contributed by atoms with Crippen molar-refractivity contribution in [3.63, 3.8) is 0 Å². The monoisotopic (exact) mass is 170 g/mol. The summed E-state index contributed by atoms with van der Waals surface area (Å²) in [6, 6.07) is 0.100. The summed E-state index contributed by atoms with van der Waals surface area (Å²) in [7, 11) is 0. The molecule has 3 atom stereocenters. The van der Waals surface area contributed by atoms with E-state index in [-0.39, 0.29) is 11.9 Å². The van der Waals surface area contributed by atoms with E-state index in [1.54, 1.807) is 0 Å². The average Bonchev–Trinajstić information content (AvgIpc) is 2.81. The van der Waals surface area contributed by atoms with Crippen LogP contribution in [0, 0.1) is 5.92 Å². The molecular weight excluding hydrogens is 152 g/mol. The van der Waals surface area contributed by atoms with E-state index in [1.807, 2.05) is 6.92 Å². The molecule has 3 N–H and O–H groups in total. The molecule has 0 aromatic rings. The molecule has 3 heteroatoms. The van der Waals surface area contributed by atoms with E-state index in [0.717, 1.165) is 19.3 Å². The Kier molecular flexibility index (Phi) is 3.09. The van der Waals surface area contributed by atoms with Gasteiger partial charge in [0, 0.05) is 6.04 Å². The van der Waals surface area contributed by atoms with Gasteiger partial charge in [0.25, 0.3) is 0 Å². The molecule has 0 radical (unpaired) electrons. The number of nitrogens with two attached hydrogens (primary N) is 1. The van der Waals surface area contributed by atoms with Crippen LogP contribution in [0.5, 0.6) is 0 Å². The van der Waals surface area contributed by atoms with Gasteiger partial charge in [-0.3, -0.25) is 4.79 Å². The maximum Gasteiger partial charge on any atom is 0.237 e. The molecule has 0 bridgehead atoms. The van der Waals surface area contributed by atoms with E-state index in [9.17, 15) is 4.79 Å². The Morgan fingerprint density at radius 1 is 1.67 bits per heavy atom. The molecule has 0 aromatic heterocycles. The number of hydrogen-bond donors (Lipinski definition) is 2. The van der Waals surface area contributed by atoms with Crippen molar-refractivity contribution in [2.45, 2.75) is 45.2 Å². The van der Waals surface area contributed by atoms with Gasteiger partial charge in [-0.25, -0.2) is 0 Å². The van der Waals surface area contributed by atoms with Crippen LogP contribution in [0.15, 0.2) is 0 Å². The standard InChI is InChI=1S/C9H18N2O/c1-3-6-5-8(6)11-9(12)7(10)4-2/h6-8H,3-5,10H2,1-2H3,(H,11,12)/t6?,7-,8?/m1/s1. The fourth-order valence-corrected chi connectivity index (χ4v) is 1.35. The summed E-state index contributed by atoms with van der Waals surface area (Å²) in [6.07, 6.45) is 3.01. The van der Waals surface area contributed by atoms with Crippen LogP contribution in [-0.4, -0.2) is 18.0 Å². The average molecular weight is 170 g/mol. The third-order valence-electron chi connectivity index (χ3n) is 2.55. The first-order chi connectivity index (χ1) is 5.69. The Balaban J connectivity index is 2.20. The zero-order valence-corrected chi connectivity index (χ0v) is 7.84. The van der Waals surface area contributed by atoms with Gasteiger partial charge >= 0.3 is 0 Å². The van der Waals surface area contributed by atoms with Crippen LogP contribution in [-0.2, 0) is 4.79 Å². The van der Waals surface area contributed by atoms with E-state index in [0.29, 0.717) is 12.0 Å². The molecule has 0 heterocycles. The van der Waals surface area contributed by atoms with Crippen molar-refractivity contribution >= 4 is 5.91 Å². The van der Waals surface area contributed by atoms with Crippen molar-refractivity contribution in [2.75, 3.05) is 0 Å². The van der Waals surface area contributed by atoms with E-state index >= 15 is 0 Å². The van der Waals surface area contributed by atoms with Crippen molar-refractivity contribution in [3.05, 3.63) is 0 Å². The molecule has 0 saturated heterocycles. The summed E-state index contributed by atoms with van der Waals surface area (Å²) < 4.78 is 0. The van der Waals surface area contributed by atoms with Crippen molar-refractivity contribution in [1.29, 1.82) is 0 Å². The number of carbonyl (C=O) groups excluding carboxylic acids is 1. The molecule has 1 rings (SSSR count). The zero-order valence-electron chi connectivity index (χ0n) is 7.84. The highest BCUT2D eigenvalue weighted by atomic mass is 16.2. The lowest BCUT2D eigenvalue weighted by atomic mass is 10.2. The van der Waals surface area contributed by atoms with Crippen molar-refractivity contribution in [2.24, 2.45) is 11.7 Å². The predicted octanol–water partition coefficient (Wildman–Crippen LogP) is 0.638. The molecule has 0 spiro atoms. The Morgan fingerprint density at radius 2 is 2.33 bits per heavy atom. The Bertz CT molecular complexity index is 170. The molecule has 1 aliphatic rings. The highest BCUT2D eigenvalue weighted by molar-refractivity contribution is 5.81. The van der Waals surface area contributed by atoms with Crippen molar-refractivity contribution < 1.29 is 4.79 Å². The van der Waals surface area contributed by atoms with Gasteiger partial charge in [-0.05, 0) is 18.8 Å². The second kappa shape index (κ2) is 3.90. The second-order valence-electron chi connectivity index (χ2n) is 3.53. The van der Waals surface area contributed by atoms with Gasteiger partial charge in [0.05, 0.1) is 6.04 Å². The molecule has 3 nitrogen and oxygen atoms in total. The predicted molar refractivity (Wildman–Crippen MR) is 48.6 cm³/mol. The highest BCUT2D eigenvalue weighted by Gasteiger charge is 2.36. The quantitative estimate of drug-likeness (QED) is 0.650. The van der Waals surface area contributed by atoms with Gasteiger partial charge in [-0.1, -0.05) is 20.3 Å². The van der Waals surface area contributed by atoms with E-state index in [2.05, 4.69) is 12.2 Å². The summed E-state index contributed by atoms with van der Waals surface area (Å²) in [6.45, 7) is 4.07. The lowest BCUT2D eigenvalue weighted by molar-refractivity contribution is -0.122. The van der Waals surface area contributed by atoms with Crippen LogP contribution < -0.4 is 11.1 Å². The highest BCUT2D eigenvalue weighted by Crippen LogP contribution is 2.32. The summed E-state index contributed by atoms with van der Waals surface area (Å²) in [5.74, 6) is 0.719. The van der Waals surface area contributed by atoms with E-state index in [1.165, 1.54) is 0 Å². The fourth-order valence-electron chi connectivity index (χ4n) is 1.35. The van der Waals surface area contributed by atoms with Crippen molar-refractivity contribution in [3.8, 4) is 0 Å². The topological polar surface area (TPSA) is 55.1 Å². The molecule has 12 heavy (non-hydrogen) atoms. The largest absolute Gasteiger partial charge is 0.352 e. The summed E-state index contributed by atoms with van der Waals surface area (Å²) in [4.78, 5) is 11.2. The van der Waals surface area contributed by atoms with Gasteiger partial charge in [0.1, 0.15) is 0 Å². The van der Waals surface area contributed by atoms with Gasteiger partial charge in [-0.15, -0.1) is 0 Å². The number of amides is 1. The lowest BCUT2D eigenvalue weighted by Crippen LogP contribution is -2.41. The molecule has 1 saturated carbocycles. The van der Waals surface area contributed by atoms with Crippen LogP contribution in [0.1, 0.15) is 33.1 Å². The lowest BCUT2D eigenvalue weighted by Gasteiger charge is -2.08.